The van der Waals surface area contributed by atoms with Crippen LogP contribution in [0.2, 0.25) is 0 Å². The molecule has 0 rings (SSSR count). The maximum absolute atomic E-state index is 11.0. The Kier molecular flexibility index (Phi) is 16.9. The van der Waals surface area contributed by atoms with E-state index in [2.05, 4.69) is 18.4 Å². The minimum absolute atomic E-state index is 0.0766. The minimum atomic E-state index is -4.44. The Morgan fingerprint density at radius 2 is 1.00 bits per heavy atom. The van der Waals surface area contributed by atoms with E-state index in [9.17, 15) is 9.13 Å². The Labute approximate surface area is 200 Å². The van der Waals surface area contributed by atoms with Crippen molar-refractivity contribution in [1.82, 2.24) is 0 Å². The van der Waals surface area contributed by atoms with Crippen LogP contribution < -0.4 is 0 Å². The largest absolute Gasteiger partial charge is 0.469 e. The molecule has 0 heterocycles. The molecular weight excluding hydrogens is 470 g/mol. The summed E-state index contributed by atoms with van der Waals surface area (Å²) in [7, 11) is -8.83. The van der Waals surface area contributed by atoms with Gasteiger partial charge in [-0.25, -0.2) is 9.13 Å². The normalized spacial score (nSPS) is 13.6. The molecule has 0 saturated heterocycles. The van der Waals surface area contributed by atoms with E-state index in [1.807, 2.05) is 13.8 Å². The molecule has 0 spiro atoms. The summed E-state index contributed by atoms with van der Waals surface area (Å²) in [5, 5.41) is 0. The van der Waals surface area contributed by atoms with Gasteiger partial charge < -0.3 is 24.3 Å². The van der Waals surface area contributed by atoms with Gasteiger partial charge in [0.2, 0.25) is 0 Å². The van der Waals surface area contributed by atoms with Crippen LogP contribution in [-0.4, -0.2) is 46.0 Å². The van der Waals surface area contributed by atoms with Crippen LogP contribution in [0, 0.1) is 10.8 Å². The highest BCUT2D eigenvalue weighted by Gasteiger charge is 2.29. The Balaban J connectivity index is 4.08. The van der Waals surface area contributed by atoms with Crippen molar-refractivity contribution >= 4 is 15.6 Å². The van der Waals surface area contributed by atoms with Gasteiger partial charge in [-0.1, -0.05) is 53.4 Å². The van der Waals surface area contributed by atoms with Crippen molar-refractivity contribution in [1.29, 1.82) is 0 Å². The van der Waals surface area contributed by atoms with Crippen LogP contribution in [0.5, 0.6) is 0 Å². The second kappa shape index (κ2) is 16.8. The predicted octanol–water partition coefficient (Wildman–Crippen LogP) is 5.96. The summed E-state index contributed by atoms with van der Waals surface area (Å²) >= 11 is 0. The SMILES string of the molecule is CCC(CC)(CCCCOCCCCC(CC)(CC)COP(=O)(O)O)CCCOP(=O)(O)O. The molecule has 4 N–H and O–H groups in total. The molecule has 0 radical (unpaired) electrons. The number of ether oxygens (including phenoxy) is 1. The lowest BCUT2D eigenvalue weighted by Gasteiger charge is -2.32. The summed E-state index contributed by atoms with van der Waals surface area (Å²) in [6.45, 7) is 9.93. The molecule has 0 atom stereocenters. The third-order valence-corrected chi connectivity index (χ3v) is 8.13. The zero-order chi connectivity index (χ0) is 25.4. The van der Waals surface area contributed by atoms with E-state index >= 15 is 0 Å². The lowest BCUT2D eigenvalue weighted by Crippen LogP contribution is -2.25. The lowest BCUT2D eigenvalue weighted by atomic mass is 9.74. The van der Waals surface area contributed by atoms with Gasteiger partial charge in [0.05, 0.1) is 13.2 Å². The van der Waals surface area contributed by atoms with Crippen LogP contribution in [0.1, 0.15) is 105 Å². The molecule has 0 fully saturated rings. The number of hydrogen-bond acceptors (Lipinski definition) is 5. The average Bonchev–Trinajstić information content (AvgIpc) is 2.75. The van der Waals surface area contributed by atoms with Gasteiger partial charge >= 0.3 is 15.6 Å². The molecule has 33 heavy (non-hydrogen) atoms. The molecule has 0 bridgehead atoms. The van der Waals surface area contributed by atoms with Crippen molar-refractivity contribution in [3.63, 3.8) is 0 Å². The molecule has 0 unspecified atom stereocenters. The fraction of sp³-hybridized carbons (Fsp3) is 1.00. The molecule has 0 aliphatic carbocycles. The summed E-state index contributed by atoms with van der Waals surface area (Å²) < 4.78 is 37.0. The topological polar surface area (TPSA) is 143 Å². The monoisotopic (exact) mass is 518 g/mol. The summed E-state index contributed by atoms with van der Waals surface area (Å²) in [6, 6.07) is 0. The third-order valence-electron chi connectivity index (χ3n) is 7.14. The van der Waals surface area contributed by atoms with Gasteiger partial charge in [-0.3, -0.25) is 9.05 Å². The summed E-state index contributed by atoms with van der Waals surface area (Å²) in [6.07, 6.45) is 11.0. The fourth-order valence-electron chi connectivity index (χ4n) is 4.32. The summed E-state index contributed by atoms with van der Waals surface area (Å²) in [4.78, 5) is 35.6. The van der Waals surface area contributed by atoms with E-state index < -0.39 is 15.6 Å². The quantitative estimate of drug-likeness (QED) is 0.101. The van der Waals surface area contributed by atoms with Crippen molar-refractivity contribution in [2.75, 3.05) is 26.4 Å². The first-order valence-electron chi connectivity index (χ1n) is 12.3. The number of hydrogen-bond donors (Lipinski definition) is 4. The third kappa shape index (κ3) is 16.5. The maximum Gasteiger partial charge on any atom is 0.469 e. The van der Waals surface area contributed by atoms with E-state index in [1.165, 1.54) is 0 Å². The molecule has 9 nitrogen and oxygen atoms in total. The Hall–Kier alpha value is 0.180. The van der Waals surface area contributed by atoms with Gasteiger partial charge in [0.25, 0.3) is 0 Å². The molecule has 0 saturated carbocycles. The number of phosphoric ester groups is 2. The van der Waals surface area contributed by atoms with Gasteiger partial charge in [-0.2, -0.15) is 0 Å². The highest BCUT2D eigenvalue weighted by atomic mass is 31.2. The molecule has 0 amide bonds. The maximum atomic E-state index is 11.0. The zero-order valence-electron chi connectivity index (χ0n) is 21.0. The standard InChI is InChI=1S/C22H48O9P2/c1-5-21(6-2,16-13-19-30-32(23,24)25)14-9-11-17-29-18-12-10-15-22(7-3,8-4)20-31-33(26,27)28/h5-20H2,1-4H3,(H2,23,24,25)(H2,26,27,28). The average molecular weight is 519 g/mol. The van der Waals surface area contributed by atoms with Crippen molar-refractivity contribution in [3.05, 3.63) is 0 Å². The van der Waals surface area contributed by atoms with Gasteiger partial charge in [0, 0.05) is 13.2 Å². The van der Waals surface area contributed by atoms with E-state index in [1.54, 1.807) is 0 Å². The second-order valence-corrected chi connectivity index (χ2v) is 11.6. The second-order valence-electron chi connectivity index (χ2n) is 9.13. The number of phosphoric acid groups is 2. The van der Waals surface area contributed by atoms with Crippen LogP contribution in [0.3, 0.4) is 0 Å². The van der Waals surface area contributed by atoms with E-state index in [4.69, 9.17) is 28.8 Å². The fourth-order valence-corrected chi connectivity index (χ4v) is 5.13. The van der Waals surface area contributed by atoms with Crippen LogP contribution >= 0.6 is 15.6 Å². The van der Waals surface area contributed by atoms with Gasteiger partial charge in [0.15, 0.2) is 0 Å². The molecule has 11 heteroatoms. The molecule has 0 aliphatic rings. The molecule has 0 aromatic carbocycles. The Bertz CT molecular complexity index is 580. The first-order valence-corrected chi connectivity index (χ1v) is 15.4. The van der Waals surface area contributed by atoms with Crippen molar-refractivity contribution < 1.29 is 42.5 Å². The zero-order valence-corrected chi connectivity index (χ0v) is 22.8. The minimum Gasteiger partial charge on any atom is -0.381 e. The first kappa shape index (κ1) is 33.2. The highest BCUT2D eigenvalue weighted by Crippen LogP contribution is 2.42. The molecule has 0 aliphatic heterocycles. The van der Waals surface area contributed by atoms with Gasteiger partial charge in [-0.15, -0.1) is 0 Å². The molecule has 0 aromatic heterocycles. The van der Waals surface area contributed by atoms with Crippen LogP contribution in [-0.2, 0) is 22.9 Å². The van der Waals surface area contributed by atoms with Crippen molar-refractivity contribution in [2.45, 2.75) is 105 Å². The highest BCUT2D eigenvalue weighted by molar-refractivity contribution is 7.46. The number of unbranched alkanes of at least 4 members (excludes halogenated alkanes) is 2. The molecular formula is C22H48O9P2. The molecule has 200 valence electrons. The van der Waals surface area contributed by atoms with E-state index in [-0.39, 0.29) is 24.0 Å². The number of rotatable bonds is 22. The van der Waals surface area contributed by atoms with E-state index in [0.717, 1.165) is 70.6 Å². The van der Waals surface area contributed by atoms with Crippen LogP contribution in [0.4, 0.5) is 0 Å². The lowest BCUT2D eigenvalue weighted by molar-refractivity contribution is 0.0810. The van der Waals surface area contributed by atoms with Gasteiger partial charge in [-0.05, 0) is 62.2 Å². The summed E-state index contributed by atoms with van der Waals surface area (Å²) in [5.74, 6) is 0. The van der Waals surface area contributed by atoms with Crippen LogP contribution in [0.15, 0.2) is 0 Å². The van der Waals surface area contributed by atoms with Crippen molar-refractivity contribution in [2.24, 2.45) is 10.8 Å². The molecule has 0 aromatic rings. The van der Waals surface area contributed by atoms with Crippen LogP contribution in [0.25, 0.3) is 0 Å². The Morgan fingerprint density at radius 3 is 1.42 bits per heavy atom. The Morgan fingerprint density at radius 1 is 0.576 bits per heavy atom. The van der Waals surface area contributed by atoms with Gasteiger partial charge in [0.1, 0.15) is 0 Å². The first-order chi connectivity index (χ1) is 15.4. The predicted molar refractivity (Wildman–Crippen MR) is 130 cm³/mol. The van der Waals surface area contributed by atoms with E-state index in [0.29, 0.717) is 19.6 Å². The smallest absolute Gasteiger partial charge is 0.381 e. The van der Waals surface area contributed by atoms with Crippen molar-refractivity contribution in [3.8, 4) is 0 Å². The summed E-state index contributed by atoms with van der Waals surface area (Å²) in [5.41, 5.74) is -0.0296.